The normalized spacial score (nSPS) is 26.9. The van der Waals surface area contributed by atoms with Crippen molar-refractivity contribution in [2.75, 3.05) is 32.8 Å². The molecular formula is C20H24N4O4. The Morgan fingerprint density at radius 1 is 1.21 bits per heavy atom. The summed E-state index contributed by atoms with van der Waals surface area (Å²) in [5, 5.41) is 5.69. The van der Waals surface area contributed by atoms with Gasteiger partial charge in [0.05, 0.1) is 18.8 Å². The number of morpholine rings is 1. The molecule has 1 aromatic carbocycles. The molecule has 1 atom stereocenters. The Morgan fingerprint density at radius 3 is 2.82 bits per heavy atom. The minimum absolute atomic E-state index is 0.0695. The first kappa shape index (κ1) is 17.8. The number of fused-ring (bicyclic) bond motifs is 1. The molecule has 2 N–H and O–H groups in total. The lowest BCUT2D eigenvalue weighted by molar-refractivity contribution is -0.136. The van der Waals surface area contributed by atoms with Crippen LogP contribution in [0.5, 0.6) is 0 Å². The minimum Gasteiger partial charge on any atom is -0.378 e. The summed E-state index contributed by atoms with van der Waals surface area (Å²) in [6, 6.07) is 5.49. The molecule has 4 aliphatic heterocycles. The summed E-state index contributed by atoms with van der Waals surface area (Å²) in [7, 11) is 0. The van der Waals surface area contributed by atoms with Gasteiger partial charge in [-0.1, -0.05) is 12.1 Å². The van der Waals surface area contributed by atoms with Crippen LogP contribution >= 0.6 is 0 Å². The number of carbonyl (C=O) groups excluding carboxylic acids is 3. The average Bonchev–Trinajstić information content (AvgIpc) is 2.97. The number of benzene rings is 1. The predicted molar refractivity (Wildman–Crippen MR) is 99.3 cm³/mol. The van der Waals surface area contributed by atoms with Gasteiger partial charge in [0.1, 0.15) is 6.04 Å². The standard InChI is InChI=1S/C20H24N4O4/c25-17-4-3-16(18(26)22-17)24-9-14-2-1-13(7-15(14)19(24)27)8-23-5-6-28-12-20(23)10-21-11-20/h1-2,7,16,21H,3-6,8-12H2,(H,22,25,26). The average molecular weight is 384 g/mol. The highest BCUT2D eigenvalue weighted by Gasteiger charge is 2.45. The van der Waals surface area contributed by atoms with Crippen molar-refractivity contribution in [1.29, 1.82) is 0 Å². The van der Waals surface area contributed by atoms with Crippen LogP contribution in [0.4, 0.5) is 0 Å². The number of rotatable bonds is 3. The third kappa shape index (κ3) is 2.83. The number of hydrogen-bond donors (Lipinski definition) is 2. The first-order valence-corrected chi connectivity index (χ1v) is 9.86. The van der Waals surface area contributed by atoms with Crippen LogP contribution in [0.3, 0.4) is 0 Å². The number of nitrogens with zero attached hydrogens (tertiary/aromatic N) is 2. The molecule has 8 heteroatoms. The van der Waals surface area contributed by atoms with Crippen molar-refractivity contribution in [1.82, 2.24) is 20.4 Å². The molecule has 3 fully saturated rings. The molecule has 4 heterocycles. The number of nitrogens with one attached hydrogen (secondary N) is 2. The van der Waals surface area contributed by atoms with Gasteiger partial charge in [-0.25, -0.2) is 0 Å². The van der Waals surface area contributed by atoms with Crippen LogP contribution in [0.25, 0.3) is 0 Å². The Morgan fingerprint density at radius 2 is 2.07 bits per heavy atom. The fraction of sp³-hybridized carbons (Fsp3) is 0.550. The summed E-state index contributed by atoms with van der Waals surface area (Å²) in [4.78, 5) is 40.6. The molecule has 1 aromatic rings. The maximum Gasteiger partial charge on any atom is 0.255 e. The first-order valence-electron chi connectivity index (χ1n) is 9.86. The molecule has 1 unspecified atom stereocenters. The fourth-order valence-electron chi connectivity index (χ4n) is 4.67. The van der Waals surface area contributed by atoms with Gasteiger partial charge in [-0.2, -0.15) is 0 Å². The summed E-state index contributed by atoms with van der Waals surface area (Å²) in [6.45, 7) is 5.42. The minimum atomic E-state index is -0.565. The van der Waals surface area contributed by atoms with E-state index in [1.165, 1.54) is 0 Å². The Hall–Kier alpha value is -2.29. The fourth-order valence-corrected chi connectivity index (χ4v) is 4.67. The summed E-state index contributed by atoms with van der Waals surface area (Å²) in [6.07, 6.45) is 0.662. The predicted octanol–water partition coefficient (Wildman–Crippen LogP) is -0.378. The Balaban J connectivity index is 1.33. The van der Waals surface area contributed by atoms with Crippen molar-refractivity contribution < 1.29 is 19.1 Å². The molecule has 5 rings (SSSR count). The number of carbonyl (C=O) groups is 3. The molecule has 8 nitrogen and oxygen atoms in total. The lowest BCUT2D eigenvalue weighted by atomic mass is 9.89. The zero-order valence-electron chi connectivity index (χ0n) is 15.7. The van der Waals surface area contributed by atoms with Gasteiger partial charge in [0.2, 0.25) is 11.8 Å². The van der Waals surface area contributed by atoms with E-state index in [0.29, 0.717) is 18.5 Å². The summed E-state index contributed by atoms with van der Waals surface area (Å²) in [5.41, 5.74) is 2.79. The number of amides is 3. The van der Waals surface area contributed by atoms with Crippen LogP contribution in [-0.4, -0.2) is 72.0 Å². The van der Waals surface area contributed by atoms with Crippen LogP contribution in [-0.2, 0) is 27.4 Å². The van der Waals surface area contributed by atoms with Crippen LogP contribution < -0.4 is 10.6 Å². The van der Waals surface area contributed by atoms with Gasteiger partial charge < -0.3 is 15.0 Å². The van der Waals surface area contributed by atoms with E-state index in [0.717, 1.165) is 50.5 Å². The van der Waals surface area contributed by atoms with Gasteiger partial charge in [0.25, 0.3) is 5.91 Å². The summed E-state index contributed by atoms with van der Waals surface area (Å²) >= 11 is 0. The Bertz CT molecular complexity index is 851. The van der Waals surface area contributed by atoms with Gasteiger partial charge in [0, 0.05) is 44.7 Å². The second-order valence-corrected chi connectivity index (χ2v) is 8.19. The molecule has 1 spiro atoms. The van der Waals surface area contributed by atoms with E-state index >= 15 is 0 Å². The molecule has 3 amide bonds. The Labute approximate surface area is 163 Å². The van der Waals surface area contributed by atoms with Gasteiger partial charge >= 0.3 is 0 Å². The van der Waals surface area contributed by atoms with Crippen molar-refractivity contribution in [3.8, 4) is 0 Å². The highest BCUT2D eigenvalue weighted by Crippen LogP contribution is 2.30. The van der Waals surface area contributed by atoms with Gasteiger partial charge in [-0.15, -0.1) is 0 Å². The smallest absolute Gasteiger partial charge is 0.255 e. The molecule has 4 aliphatic rings. The maximum absolute atomic E-state index is 13.0. The second kappa shape index (κ2) is 6.65. The van der Waals surface area contributed by atoms with Crippen LogP contribution in [0.1, 0.15) is 34.3 Å². The van der Waals surface area contributed by atoms with E-state index in [9.17, 15) is 14.4 Å². The molecule has 28 heavy (non-hydrogen) atoms. The maximum atomic E-state index is 13.0. The zero-order valence-corrected chi connectivity index (χ0v) is 15.7. The Kier molecular flexibility index (Phi) is 4.22. The number of piperidine rings is 1. The SMILES string of the molecule is O=C1CCC(N2Cc3ccc(CN4CCOCC45CNC5)cc3C2=O)C(=O)N1. The second-order valence-electron chi connectivity index (χ2n) is 8.19. The number of imide groups is 1. The van der Waals surface area contributed by atoms with E-state index in [4.69, 9.17) is 4.74 Å². The van der Waals surface area contributed by atoms with Gasteiger partial charge in [0.15, 0.2) is 0 Å². The van der Waals surface area contributed by atoms with E-state index < -0.39 is 6.04 Å². The highest BCUT2D eigenvalue weighted by molar-refractivity contribution is 6.05. The molecule has 3 saturated heterocycles. The summed E-state index contributed by atoms with van der Waals surface area (Å²) in [5.74, 6) is -0.753. The molecule has 0 bridgehead atoms. The monoisotopic (exact) mass is 384 g/mol. The third-order valence-electron chi connectivity index (χ3n) is 6.42. The molecule has 148 valence electrons. The lowest BCUT2D eigenvalue weighted by Gasteiger charge is -2.53. The van der Waals surface area contributed by atoms with Crippen LogP contribution in [0.15, 0.2) is 18.2 Å². The third-order valence-corrected chi connectivity index (χ3v) is 6.42. The topological polar surface area (TPSA) is 91.0 Å². The van der Waals surface area contributed by atoms with Crippen molar-refractivity contribution in [2.24, 2.45) is 0 Å². The van der Waals surface area contributed by atoms with Crippen molar-refractivity contribution in [3.63, 3.8) is 0 Å². The van der Waals surface area contributed by atoms with Gasteiger partial charge in [-0.3, -0.25) is 24.6 Å². The number of ether oxygens (including phenoxy) is 1. The molecule has 0 aliphatic carbocycles. The van der Waals surface area contributed by atoms with Crippen LogP contribution in [0, 0.1) is 0 Å². The molecule has 0 saturated carbocycles. The van der Waals surface area contributed by atoms with E-state index in [2.05, 4.69) is 21.6 Å². The van der Waals surface area contributed by atoms with Crippen molar-refractivity contribution in [3.05, 3.63) is 34.9 Å². The number of hydrogen-bond acceptors (Lipinski definition) is 6. The molecule has 0 aromatic heterocycles. The van der Waals surface area contributed by atoms with Crippen molar-refractivity contribution >= 4 is 17.7 Å². The quantitative estimate of drug-likeness (QED) is 0.691. The van der Waals surface area contributed by atoms with Crippen LogP contribution in [0.2, 0.25) is 0 Å². The zero-order chi connectivity index (χ0) is 19.3. The summed E-state index contributed by atoms with van der Waals surface area (Å²) < 4.78 is 5.68. The largest absolute Gasteiger partial charge is 0.378 e. The van der Waals surface area contributed by atoms with Gasteiger partial charge in [-0.05, 0) is 23.6 Å². The molecular weight excluding hydrogens is 360 g/mol. The molecule has 0 radical (unpaired) electrons. The highest BCUT2D eigenvalue weighted by atomic mass is 16.5. The van der Waals surface area contributed by atoms with E-state index in [-0.39, 0.29) is 29.7 Å². The van der Waals surface area contributed by atoms with E-state index in [1.54, 1.807) is 4.90 Å². The lowest BCUT2D eigenvalue weighted by Crippen LogP contribution is -2.73. The van der Waals surface area contributed by atoms with E-state index in [1.807, 2.05) is 12.1 Å². The first-order chi connectivity index (χ1) is 13.6. The van der Waals surface area contributed by atoms with Crippen molar-refractivity contribution in [2.45, 2.75) is 37.5 Å².